The molecular weight excluding hydrogens is 280 g/mol. The van der Waals surface area contributed by atoms with Crippen LogP contribution in [0.15, 0.2) is 24.3 Å². The highest BCUT2D eigenvalue weighted by molar-refractivity contribution is 5.85. The summed E-state index contributed by atoms with van der Waals surface area (Å²) in [6.07, 6.45) is -11.1. The lowest BCUT2D eigenvalue weighted by Crippen LogP contribution is -2.24. The van der Waals surface area contributed by atoms with Gasteiger partial charge in [0.2, 0.25) is 0 Å². The quantitative estimate of drug-likeness (QED) is 0.840. The molecule has 0 aliphatic carbocycles. The molecule has 3 nitrogen and oxygen atoms in total. The fourth-order valence-corrected chi connectivity index (χ4v) is 1.13. The predicted octanol–water partition coefficient (Wildman–Crippen LogP) is 3.82. The summed E-state index contributed by atoms with van der Waals surface area (Å²) < 4.78 is 76.5. The van der Waals surface area contributed by atoms with Gasteiger partial charge in [-0.15, -0.1) is 0 Å². The first-order valence-corrected chi connectivity index (χ1v) is 4.76. The fourth-order valence-electron chi connectivity index (χ4n) is 1.13. The van der Waals surface area contributed by atoms with Crippen molar-refractivity contribution in [1.29, 1.82) is 0 Å². The van der Waals surface area contributed by atoms with E-state index in [0.717, 1.165) is 12.1 Å². The highest BCUT2D eigenvalue weighted by Crippen LogP contribution is 2.34. The molecular formula is C10H7F6NO2. The van der Waals surface area contributed by atoms with Crippen LogP contribution in [0.5, 0.6) is 0 Å². The van der Waals surface area contributed by atoms with Gasteiger partial charge in [-0.05, 0) is 12.1 Å². The highest BCUT2D eigenvalue weighted by Gasteiger charge is 2.34. The second kappa shape index (κ2) is 5.37. The zero-order valence-corrected chi connectivity index (χ0v) is 9.10. The standard InChI is InChI=1S/C10H7F6NO2/c11-9(12,13)5-19-8(18)17-7-4-2-1-3-6(7)10(14,15)16/h1-4H,5H2,(H,17,18). The molecule has 0 unspecified atom stereocenters. The number of carbonyl (C=O) groups excluding carboxylic acids is 1. The van der Waals surface area contributed by atoms with Crippen molar-refractivity contribution < 1.29 is 35.9 Å². The van der Waals surface area contributed by atoms with Gasteiger partial charge >= 0.3 is 18.4 Å². The number of benzene rings is 1. The van der Waals surface area contributed by atoms with Crippen molar-refractivity contribution in [2.75, 3.05) is 11.9 Å². The van der Waals surface area contributed by atoms with Crippen LogP contribution in [0, 0.1) is 0 Å². The molecule has 0 aromatic heterocycles. The van der Waals surface area contributed by atoms with E-state index in [2.05, 4.69) is 4.74 Å². The molecule has 0 radical (unpaired) electrons. The first-order valence-electron chi connectivity index (χ1n) is 4.76. The number of alkyl halides is 6. The lowest BCUT2D eigenvalue weighted by molar-refractivity contribution is -0.159. The van der Waals surface area contributed by atoms with Crippen molar-refractivity contribution in [3.05, 3.63) is 29.8 Å². The Morgan fingerprint density at radius 3 is 2.21 bits per heavy atom. The normalized spacial score (nSPS) is 12.1. The average molecular weight is 287 g/mol. The Hall–Kier alpha value is -1.93. The summed E-state index contributed by atoms with van der Waals surface area (Å²) >= 11 is 0. The number of para-hydroxylation sites is 1. The molecule has 9 heteroatoms. The van der Waals surface area contributed by atoms with Crippen LogP contribution >= 0.6 is 0 Å². The van der Waals surface area contributed by atoms with Gasteiger partial charge in [0.25, 0.3) is 0 Å². The maximum atomic E-state index is 12.5. The summed E-state index contributed by atoms with van der Waals surface area (Å²) in [5.74, 6) is 0. The Kier molecular flexibility index (Phi) is 4.28. The molecule has 1 N–H and O–H groups in total. The van der Waals surface area contributed by atoms with E-state index in [1.165, 1.54) is 6.07 Å². The Balaban J connectivity index is 2.75. The van der Waals surface area contributed by atoms with Crippen LogP contribution < -0.4 is 5.32 Å². The number of amides is 1. The summed E-state index contributed by atoms with van der Waals surface area (Å²) in [6.45, 7) is -1.88. The molecule has 0 bridgehead atoms. The van der Waals surface area contributed by atoms with Crippen molar-refractivity contribution in [2.45, 2.75) is 12.4 Å². The average Bonchev–Trinajstić information content (AvgIpc) is 2.25. The van der Waals surface area contributed by atoms with Crippen LogP contribution in [0.25, 0.3) is 0 Å². The molecule has 0 spiro atoms. The molecule has 1 amide bonds. The Morgan fingerprint density at radius 1 is 1.11 bits per heavy atom. The Morgan fingerprint density at radius 2 is 1.68 bits per heavy atom. The fraction of sp³-hybridized carbons (Fsp3) is 0.300. The predicted molar refractivity (Wildman–Crippen MR) is 52.5 cm³/mol. The van der Waals surface area contributed by atoms with E-state index in [4.69, 9.17) is 0 Å². The van der Waals surface area contributed by atoms with Crippen LogP contribution in [0.4, 0.5) is 36.8 Å². The van der Waals surface area contributed by atoms with E-state index in [-0.39, 0.29) is 0 Å². The third-order valence-corrected chi connectivity index (χ3v) is 1.84. The molecule has 1 rings (SSSR count). The van der Waals surface area contributed by atoms with Gasteiger partial charge in [-0.3, -0.25) is 5.32 Å². The van der Waals surface area contributed by atoms with E-state index in [1.54, 1.807) is 5.32 Å². The van der Waals surface area contributed by atoms with Crippen LogP contribution in [-0.2, 0) is 10.9 Å². The third kappa shape index (κ3) is 5.06. The van der Waals surface area contributed by atoms with Gasteiger partial charge in [0.15, 0.2) is 6.61 Å². The Labute approximate surface area is 103 Å². The molecule has 0 saturated carbocycles. The minimum atomic E-state index is -4.75. The number of nitrogens with one attached hydrogen (secondary N) is 1. The smallest absolute Gasteiger partial charge is 0.422 e. The van der Waals surface area contributed by atoms with Gasteiger partial charge in [0.1, 0.15) is 0 Å². The van der Waals surface area contributed by atoms with E-state index < -0.39 is 36.3 Å². The zero-order valence-electron chi connectivity index (χ0n) is 9.10. The van der Waals surface area contributed by atoms with Gasteiger partial charge in [-0.1, -0.05) is 12.1 Å². The maximum Gasteiger partial charge on any atom is 0.422 e. The second-order valence-electron chi connectivity index (χ2n) is 3.36. The summed E-state index contributed by atoms with van der Waals surface area (Å²) in [7, 11) is 0. The summed E-state index contributed by atoms with van der Waals surface area (Å²) in [5, 5.41) is 1.61. The molecule has 0 aliphatic rings. The molecule has 19 heavy (non-hydrogen) atoms. The third-order valence-electron chi connectivity index (χ3n) is 1.84. The van der Waals surface area contributed by atoms with Crippen LogP contribution in [0.3, 0.4) is 0 Å². The van der Waals surface area contributed by atoms with Crippen molar-refractivity contribution in [3.63, 3.8) is 0 Å². The second-order valence-corrected chi connectivity index (χ2v) is 3.36. The van der Waals surface area contributed by atoms with Gasteiger partial charge < -0.3 is 4.74 Å². The van der Waals surface area contributed by atoms with Crippen LogP contribution in [0.2, 0.25) is 0 Å². The molecule has 1 aromatic rings. The topological polar surface area (TPSA) is 38.3 Å². The Bertz CT molecular complexity index is 454. The monoisotopic (exact) mass is 287 g/mol. The van der Waals surface area contributed by atoms with E-state index >= 15 is 0 Å². The highest BCUT2D eigenvalue weighted by atomic mass is 19.4. The first-order chi connectivity index (χ1) is 8.59. The molecule has 0 fully saturated rings. The minimum Gasteiger partial charge on any atom is -0.440 e. The summed E-state index contributed by atoms with van der Waals surface area (Å²) in [4.78, 5) is 10.9. The molecule has 1 aromatic carbocycles. The zero-order chi connectivity index (χ0) is 14.7. The van der Waals surface area contributed by atoms with Crippen LogP contribution in [0.1, 0.15) is 5.56 Å². The van der Waals surface area contributed by atoms with Crippen LogP contribution in [-0.4, -0.2) is 18.9 Å². The largest absolute Gasteiger partial charge is 0.440 e. The van der Waals surface area contributed by atoms with Crippen molar-refractivity contribution in [1.82, 2.24) is 0 Å². The molecule has 0 atom stereocenters. The number of rotatable bonds is 2. The molecule has 0 saturated heterocycles. The SMILES string of the molecule is O=C(Nc1ccccc1C(F)(F)F)OCC(F)(F)F. The lowest BCUT2D eigenvalue weighted by atomic mass is 10.2. The number of hydrogen-bond acceptors (Lipinski definition) is 2. The molecule has 106 valence electrons. The lowest BCUT2D eigenvalue weighted by Gasteiger charge is -2.14. The van der Waals surface area contributed by atoms with Gasteiger partial charge in [0.05, 0.1) is 11.3 Å². The number of carbonyl (C=O) groups is 1. The van der Waals surface area contributed by atoms with Crippen molar-refractivity contribution in [3.8, 4) is 0 Å². The van der Waals surface area contributed by atoms with E-state index in [1.807, 2.05) is 0 Å². The van der Waals surface area contributed by atoms with Gasteiger partial charge in [0, 0.05) is 0 Å². The number of anilines is 1. The molecule has 0 heterocycles. The first kappa shape index (κ1) is 15.1. The minimum absolute atomic E-state index is 0.679. The van der Waals surface area contributed by atoms with Gasteiger partial charge in [-0.2, -0.15) is 26.3 Å². The van der Waals surface area contributed by atoms with E-state index in [0.29, 0.717) is 6.07 Å². The summed E-state index contributed by atoms with van der Waals surface area (Å²) in [5.41, 5.74) is -1.86. The van der Waals surface area contributed by atoms with Crippen molar-refractivity contribution >= 4 is 11.8 Å². The molecule has 0 aliphatic heterocycles. The summed E-state index contributed by atoms with van der Waals surface area (Å²) in [6, 6.07) is 3.85. The van der Waals surface area contributed by atoms with E-state index in [9.17, 15) is 31.1 Å². The maximum absolute atomic E-state index is 12.5. The van der Waals surface area contributed by atoms with Crippen molar-refractivity contribution in [2.24, 2.45) is 0 Å². The number of hydrogen-bond donors (Lipinski definition) is 1. The number of ether oxygens (including phenoxy) is 1. The van der Waals surface area contributed by atoms with Gasteiger partial charge in [-0.25, -0.2) is 4.79 Å². The number of halogens is 6.